The molecular weight excluding hydrogens is 456 g/mol. The highest BCUT2D eigenvalue weighted by Gasteiger charge is 2.10. The predicted molar refractivity (Wildman–Crippen MR) is 89.1 cm³/mol. The van der Waals surface area contributed by atoms with E-state index in [-0.39, 0.29) is 0 Å². The second-order valence-corrected chi connectivity index (χ2v) is 6.79. The van der Waals surface area contributed by atoms with Crippen LogP contribution in [0.25, 0.3) is 0 Å². The van der Waals surface area contributed by atoms with Crippen LogP contribution in [-0.4, -0.2) is 42.9 Å². The van der Waals surface area contributed by atoms with Crippen LogP contribution in [0.3, 0.4) is 0 Å². The number of aryl methyl sites for hydroxylation is 1. The molecule has 0 bridgehead atoms. The average molecular weight is 473 g/mol. The molecule has 1 aliphatic rings. The summed E-state index contributed by atoms with van der Waals surface area (Å²) in [5.41, 5.74) is 1.31. The van der Waals surface area contributed by atoms with E-state index in [0.29, 0.717) is 5.75 Å². The molecule has 0 unspecified atom stereocenters. The lowest BCUT2D eigenvalue weighted by atomic mass is 10.1. The molecule has 0 atom stereocenters. The van der Waals surface area contributed by atoms with Crippen molar-refractivity contribution in [2.24, 2.45) is 0 Å². The fourth-order valence-corrected chi connectivity index (χ4v) is 3.99. The molecule has 3 nitrogen and oxygen atoms in total. The van der Waals surface area contributed by atoms with Gasteiger partial charge in [0.25, 0.3) is 0 Å². The maximum atomic E-state index is 9.72. The lowest BCUT2D eigenvalue weighted by Gasteiger charge is -2.26. The van der Waals surface area contributed by atoms with Crippen molar-refractivity contribution in [3.05, 3.63) is 24.8 Å². The summed E-state index contributed by atoms with van der Waals surface area (Å²) in [6, 6.07) is 4.16. The zero-order valence-corrected chi connectivity index (χ0v) is 14.5. The molecule has 0 aromatic heterocycles. The normalized spacial score (nSPS) is 17.0. The molecule has 1 fully saturated rings. The van der Waals surface area contributed by atoms with E-state index in [0.717, 1.165) is 52.8 Å². The molecule has 100 valence electrons. The largest absolute Gasteiger partial charge is 0.506 e. The zero-order valence-electron chi connectivity index (χ0n) is 10.2. The molecule has 0 aliphatic carbocycles. The van der Waals surface area contributed by atoms with Crippen molar-refractivity contribution >= 4 is 45.2 Å². The average Bonchev–Trinajstić information content (AvgIpc) is 2.37. The minimum atomic E-state index is 0.410. The lowest BCUT2D eigenvalue weighted by Crippen LogP contribution is -2.36. The number of hydrogen-bond acceptors (Lipinski definition) is 3. The van der Waals surface area contributed by atoms with Gasteiger partial charge in [0.1, 0.15) is 5.75 Å². The van der Waals surface area contributed by atoms with Crippen LogP contribution in [0.2, 0.25) is 0 Å². The van der Waals surface area contributed by atoms with Crippen molar-refractivity contribution in [3.63, 3.8) is 0 Å². The molecule has 1 saturated heterocycles. The number of ether oxygens (including phenoxy) is 1. The lowest BCUT2D eigenvalue weighted by molar-refractivity contribution is 0.0374. The topological polar surface area (TPSA) is 32.7 Å². The fraction of sp³-hybridized carbons (Fsp3) is 0.538. The third-order valence-electron chi connectivity index (χ3n) is 3.12. The second kappa shape index (κ2) is 7.25. The van der Waals surface area contributed by atoms with Crippen molar-refractivity contribution in [1.82, 2.24) is 4.90 Å². The van der Waals surface area contributed by atoms with E-state index in [1.165, 1.54) is 5.56 Å². The minimum absolute atomic E-state index is 0.410. The summed E-state index contributed by atoms with van der Waals surface area (Å²) in [6.45, 7) is 5.00. The number of phenolic OH excluding ortho intramolecular Hbond substituents is 1. The number of halogens is 2. The van der Waals surface area contributed by atoms with Crippen LogP contribution >= 0.6 is 45.2 Å². The standard InChI is InChI=1S/C13H17I2NO2/c14-11-8-10(9-12(15)13(11)17)2-1-3-16-4-6-18-7-5-16/h8-9,17H,1-7H2. The van der Waals surface area contributed by atoms with Gasteiger partial charge < -0.3 is 9.84 Å². The summed E-state index contributed by atoms with van der Waals surface area (Å²) < 4.78 is 7.23. The third-order valence-corrected chi connectivity index (χ3v) is 4.76. The summed E-state index contributed by atoms with van der Waals surface area (Å²) >= 11 is 4.38. The van der Waals surface area contributed by atoms with Gasteiger partial charge in [0.2, 0.25) is 0 Å². The Morgan fingerprint density at radius 3 is 2.39 bits per heavy atom. The Labute approximate surface area is 135 Å². The maximum Gasteiger partial charge on any atom is 0.142 e. The van der Waals surface area contributed by atoms with Gasteiger partial charge in [-0.05, 0) is 82.3 Å². The van der Waals surface area contributed by atoms with Crippen molar-refractivity contribution in [2.75, 3.05) is 32.8 Å². The number of nitrogens with zero attached hydrogens (tertiary/aromatic N) is 1. The summed E-state index contributed by atoms with van der Waals surface area (Å²) in [5.74, 6) is 0.410. The minimum Gasteiger partial charge on any atom is -0.506 e. The van der Waals surface area contributed by atoms with Gasteiger partial charge in [-0.3, -0.25) is 4.90 Å². The van der Waals surface area contributed by atoms with Gasteiger partial charge in [-0.15, -0.1) is 0 Å². The quantitative estimate of drug-likeness (QED) is 0.684. The van der Waals surface area contributed by atoms with Crippen LogP contribution < -0.4 is 0 Å². The molecular formula is C13H17I2NO2. The second-order valence-electron chi connectivity index (χ2n) is 4.47. The van der Waals surface area contributed by atoms with E-state index in [9.17, 15) is 5.11 Å². The van der Waals surface area contributed by atoms with Crippen LogP contribution in [-0.2, 0) is 11.2 Å². The molecule has 0 spiro atoms. The monoisotopic (exact) mass is 473 g/mol. The number of morpholine rings is 1. The van der Waals surface area contributed by atoms with Crippen LogP contribution in [0.1, 0.15) is 12.0 Å². The van der Waals surface area contributed by atoms with Crippen molar-refractivity contribution in [3.8, 4) is 5.75 Å². The summed E-state index contributed by atoms with van der Waals surface area (Å²) in [4.78, 5) is 2.46. The first kappa shape index (κ1) is 14.8. The van der Waals surface area contributed by atoms with Crippen LogP contribution in [0.4, 0.5) is 0 Å². The SMILES string of the molecule is Oc1c(I)cc(CCCN2CCOCC2)cc1I. The molecule has 1 aromatic carbocycles. The Bertz CT molecular complexity index is 383. The van der Waals surface area contributed by atoms with E-state index in [2.05, 4.69) is 62.2 Å². The molecule has 0 radical (unpaired) electrons. The molecule has 1 heterocycles. The Kier molecular flexibility index (Phi) is 5.96. The van der Waals surface area contributed by atoms with E-state index in [4.69, 9.17) is 4.74 Å². The summed E-state index contributed by atoms with van der Waals surface area (Å²) in [6.07, 6.45) is 2.24. The highest BCUT2D eigenvalue weighted by Crippen LogP contribution is 2.27. The number of hydrogen-bond donors (Lipinski definition) is 1. The first-order valence-electron chi connectivity index (χ1n) is 6.14. The van der Waals surface area contributed by atoms with Crippen LogP contribution in [0.5, 0.6) is 5.75 Å². The van der Waals surface area contributed by atoms with Crippen molar-refractivity contribution < 1.29 is 9.84 Å². The van der Waals surface area contributed by atoms with E-state index < -0.39 is 0 Å². The number of phenols is 1. The van der Waals surface area contributed by atoms with Crippen molar-refractivity contribution in [1.29, 1.82) is 0 Å². The van der Waals surface area contributed by atoms with Gasteiger partial charge in [0, 0.05) is 13.1 Å². The van der Waals surface area contributed by atoms with E-state index in [1.807, 2.05) is 0 Å². The number of benzene rings is 1. The Morgan fingerprint density at radius 2 is 1.78 bits per heavy atom. The molecule has 2 rings (SSSR count). The molecule has 5 heteroatoms. The van der Waals surface area contributed by atoms with Gasteiger partial charge in [0.15, 0.2) is 0 Å². The molecule has 0 saturated carbocycles. The number of rotatable bonds is 4. The molecule has 1 N–H and O–H groups in total. The summed E-state index contributed by atoms with van der Waals surface area (Å²) in [5, 5.41) is 9.72. The molecule has 18 heavy (non-hydrogen) atoms. The highest BCUT2D eigenvalue weighted by molar-refractivity contribution is 14.1. The van der Waals surface area contributed by atoms with Gasteiger partial charge in [0.05, 0.1) is 20.4 Å². The van der Waals surface area contributed by atoms with E-state index >= 15 is 0 Å². The van der Waals surface area contributed by atoms with Crippen LogP contribution in [0, 0.1) is 7.14 Å². The first-order chi connectivity index (χ1) is 8.66. The van der Waals surface area contributed by atoms with Gasteiger partial charge >= 0.3 is 0 Å². The van der Waals surface area contributed by atoms with E-state index in [1.54, 1.807) is 0 Å². The molecule has 0 amide bonds. The predicted octanol–water partition coefficient (Wildman–Crippen LogP) is 2.87. The Balaban J connectivity index is 1.82. The Morgan fingerprint density at radius 1 is 1.17 bits per heavy atom. The van der Waals surface area contributed by atoms with Gasteiger partial charge in [-0.1, -0.05) is 0 Å². The molecule has 1 aliphatic heterocycles. The first-order valence-corrected chi connectivity index (χ1v) is 8.29. The molecule has 1 aromatic rings. The third kappa shape index (κ3) is 4.21. The smallest absolute Gasteiger partial charge is 0.142 e. The number of aromatic hydroxyl groups is 1. The Hall–Kier alpha value is 0.400. The highest BCUT2D eigenvalue weighted by atomic mass is 127. The van der Waals surface area contributed by atoms with Gasteiger partial charge in [-0.2, -0.15) is 0 Å². The summed E-state index contributed by atoms with van der Waals surface area (Å²) in [7, 11) is 0. The van der Waals surface area contributed by atoms with Crippen molar-refractivity contribution in [2.45, 2.75) is 12.8 Å². The van der Waals surface area contributed by atoms with Crippen LogP contribution in [0.15, 0.2) is 12.1 Å². The van der Waals surface area contributed by atoms with Gasteiger partial charge in [-0.25, -0.2) is 0 Å². The zero-order chi connectivity index (χ0) is 13.0. The maximum absolute atomic E-state index is 9.72. The fourth-order valence-electron chi connectivity index (χ4n) is 2.09.